The van der Waals surface area contributed by atoms with Crippen molar-refractivity contribution < 1.29 is 23.0 Å². The summed E-state index contributed by atoms with van der Waals surface area (Å²) >= 11 is 0. The van der Waals surface area contributed by atoms with Crippen molar-refractivity contribution >= 4 is 17.4 Å². The molecule has 0 bridgehead atoms. The summed E-state index contributed by atoms with van der Waals surface area (Å²) in [4.78, 5) is 16.8. The fourth-order valence-corrected chi connectivity index (χ4v) is 3.73. The van der Waals surface area contributed by atoms with E-state index in [0.717, 1.165) is 5.56 Å². The van der Waals surface area contributed by atoms with Gasteiger partial charge in [-0.25, -0.2) is 18.3 Å². The smallest absolute Gasteiger partial charge is 0.336 e. The van der Waals surface area contributed by atoms with Crippen LogP contribution >= 0.6 is 0 Å². The van der Waals surface area contributed by atoms with Crippen LogP contribution in [0.3, 0.4) is 0 Å². The van der Waals surface area contributed by atoms with Crippen molar-refractivity contribution in [2.45, 2.75) is 6.61 Å². The number of methoxy groups -OCH3 is 1. The van der Waals surface area contributed by atoms with Crippen LogP contribution in [0.4, 0.5) is 25.0 Å². The van der Waals surface area contributed by atoms with Gasteiger partial charge in [0.05, 0.1) is 18.4 Å². The minimum absolute atomic E-state index is 0.0265. The quantitative estimate of drug-likeness (QED) is 0.242. The average Bonchev–Trinajstić information content (AvgIpc) is 3.38. The lowest BCUT2D eigenvalue weighted by atomic mass is 10.2. The lowest BCUT2D eigenvalue weighted by molar-refractivity contribution is 0.262. The van der Waals surface area contributed by atoms with Gasteiger partial charge in [-0.15, -0.1) is 5.10 Å². The number of urea groups is 1. The van der Waals surface area contributed by atoms with Crippen molar-refractivity contribution in [3.05, 3.63) is 114 Å². The molecule has 0 unspecified atom stereocenters. The fraction of sp³-hybridized carbons (Fsp3) is 0.0690. The Hall–Kier alpha value is -5.25. The van der Waals surface area contributed by atoms with Crippen molar-refractivity contribution in [2.24, 2.45) is 0 Å². The third kappa shape index (κ3) is 6.19. The number of anilines is 2. The first-order valence-electron chi connectivity index (χ1n) is 11.9. The average molecular weight is 528 g/mol. The maximum absolute atomic E-state index is 14.7. The second kappa shape index (κ2) is 11.4. The molecule has 1 aromatic heterocycles. The molecule has 1 heterocycles. The molecule has 0 spiro atoms. The lowest BCUT2D eigenvalue weighted by Crippen LogP contribution is -2.19. The van der Waals surface area contributed by atoms with Crippen molar-refractivity contribution in [3.63, 3.8) is 0 Å². The van der Waals surface area contributed by atoms with Gasteiger partial charge in [0.2, 0.25) is 0 Å². The minimum atomic E-state index is -0.468. The van der Waals surface area contributed by atoms with Crippen molar-refractivity contribution in [3.8, 4) is 28.8 Å². The van der Waals surface area contributed by atoms with E-state index >= 15 is 0 Å². The second-order valence-corrected chi connectivity index (χ2v) is 8.38. The first-order chi connectivity index (χ1) is 19.0. The highest BCUT2D eigenvalue weighted by atomic mass is 19.1. The fourth-order valence-electron chi connectivity index (χ4n) is 3.73. The van der Waals surface area contributed by atoms with E-state index in [9.17, 15) is 13.6 Å². The van der Waals surface area contributed by atoms with Crippen LogP contribution in [0.15, 0.2) is 97.1 Å². The number of hydrogen-bond donors (Lipinski definition) is 2. The molecule has 10 heteroatoms. The molecule has 5 rings (SSSR count). The Labute approximate surface area is 222 Å². The molecule has 0 aliphatic heterocycles. The third-order valence-electron chi connectivity index (χ3n) is 5.70. The number of halogens is 2. The van der Waals surface area contributed by atoms with Crippen LogP contribution in [-0.4, -0.2) is 27.9 Å². The SMILES string of the molecule is COc1ccc(NC(=O)Nc2ccc(-n3nc(OCc4ccc(F)cc4)nc3-c3ccccc3F)cc2)cc1. The van der Waals surface area contributed by atoms with E-state index in [4.69, 9.17) is 9.47 Å². The van der Waals surface area contributed by atoms with E-state index in [1.54, 1.807) is 86.0 Å². The maximum atomic E-state index is 14.7. The highest BCUT2D eigenvalue weighted by Gasteiger charge is 2.18. The molecular formula is C29H23F2N5O3. The highest BCUT2D eigenvalue weighted by Crippen LogP contribution is 2.27. The first-order valence-corrected chi connectivity index (χ1v) is 11.9. The molecule has 2 amide bonds. The van der Waals surface area contributed by atoms with E-state index in [1.807, 2.05) is 0 Å². The summed E-state index contributed by atoms with van der Waals surface area (Å²) in [5, 5.41) is 9.93. The van der Waals surface area contributed by atoms with Crippen LogP contribution in [0.2, 0.25) is 0 Å². The van der Waals surface area contributed by atoms with Gasteiger partial charge in [-0.1, -0.05) is 24.3 Å². The number of nitrogens with one attached hydrogen (secondary N) is 2. The zero-order chi connectivity index (χ0) is 27.2. The Bertz CT molecular complexity index is 1570. The van der Waals surface area contributed by atoms with Crippen molar-refractivity contribution in [1.29, 1.82) is 0 Å². The summed E-state index contributed by atoms with van der Waals surface area (Å²) in [6.07, 6.45) is 0. The van der Waals surface area contributed by atoms with Gasteiger partial charge in [0, 0.05) is 11.4 Å². The molecule has 196 valence electrons. The summed E-state index contributed by atoms with van der Waals surface area (Å²) in [7, 11) is 1.57. The highest BCUT2D eigenvalue weighted by molar-refractivity contribution is 5.99. The van der Waals surface area contributed by atoms with E-state index in [1.165, 1.54) is 22.9 Å². The molecule has 0 aliphatic carbocycles. The zero-order valence-electron chi connectivity index (χ0n) is 20.8. The Morgan fingerprint density at radius 1 is 0.846 bits per heavy atom. The molecule has 0 saturated carbocycles. The molecule has 0 aliphatic rings. The van der Waals surface area contributed by atoms with Crippen LogP contribution in [0.25, 0.3) is 17.1 Å². The van der Waals surface area contributed by atoms with Crippen LogP contribution in [0.1, 0.15) is 5.56 Å². The third-order valence-corrected chi connectivity index (χ3v) is 5.70. The van der Waals surface area contributed by atoms with Crippen molar-refractivity contribution in [2.75, 3.05) is 17.7 Å². The van der Waals surface area contributed by atoms with E-state index in [0.29, 0.717) is 22.8 Å². The minimum Gasteiger partial charge on any atom is -0.497 e. The number of carbonyl (C=O) groups is 1. The maximum Gasteiger partial charge on any atom is 0.336 e. The van der Waals surface area contributed by atoms with Crippen LogP contribution in [0, 0.1) is 11.6 Å². The zero-order valence-corrected chi connectivity index (χ0v) is 20.8. The molecule has 2 N–H and O–H groups in total. The van der Waals surface area contributed by atoms with Gasteiger partial charge in [0.15, 0.2) is 5.82 Å². The standard InChI is InChI=1S/C29H23F2N5O3/c1-38-24-16-12-22(13-17-24)33-28(37)32-21-10-14-23(15-11-21)36-27(25-4-2-3-5-26(25)31)34-29(35-36)39-18-19-6-8-20(30)9-7-19/h2-17H,18H2,1H3,(H2,32,33,37). The Morgan fingerprint density at radius 3 is 2.13 bits per heavy atom. The van der Waals surface area contributed by atoms with Gasteiger partial charge in [-0.3, -0.25) is 0 Å². The lowest BCUT2D eigenvalue weighted by Gasteiger charge is -2.10. The first kappa shape index (κ1) is 25.4. The van der Waals surface area contributed by atoms with Gasteiger partial charge >= 0.3 is 12.0 Å². The van der Waals surface area contributed by atoms with E-state index < -0.39 is 11.8 Å². The van der Waals surface area contributed by atoms with Gasteiger partial charge in [-0.2, -0.15) is 4.98 Å². The molecule has 0 fully saturated rings. The number of nitrogens with zero attached hydrogens (tertiary/aromatic N) is 3. The Kier molecular flexibility index (Phi) is 7.44. The number of amides is 2. The predicted octanol–water partition coefficient (Wildman–Crippen LogP) is 6.44. The number of benzene rings is 4. The van der Waals surface area contributed by atoms with Gasteiger partial charge in [0.25, 0.3) is 0 Å². The second-order valence-electron chi connectivity index (χ2n) is 8.38. The largest absolute Gasteiger partial charge is 0.497 e. The number of aromatic nitrogens is 3. The summed E-state index contributed by atoms with van der Waals surface area (Å²) in [5.74, 6) is 0.104. The molecule has 39 heavy (non-hydrogen) atoms. The summed E-state index contributed by atoms with van der Waals surface area (Å²) in [6.45, 7) is 0.104. The summed E-state index contributed by atoms with van der Waals surface area (Å²) < 4.78 is 40.2. The molecule has 4 aromatic carbocycles. The van der Waals surface area contributed by atoms with E-state index in [-0.39, 0.29) is 29.8 Å². The van der Waals surface area contributed by atoms with Crippen LogP contribution in [-0.2, 0) is 6.61 Å². The summed E-state index contributed by atoms with van der Waals surface area (Å²) in [6, 6.07) is 25.4. The molecular weight excluding hydrogens is 504 g/mol. The van der Waals surface area contributed by atoms with Gasteiger partial charge in [-0.05, 0) is 78.4 Å². The summed E-state index contributed by atoms with van der Waals surface area (Å²) in [5.41, 5.74) is 2.67. The number of hydrogen-bond acceptors (Lipinski definition) is 5. The van der Waals surface area contributed by atoms with Gasteiger partial charge in [0.1, 0.15) is 24.0 Å². The van der Waals surface area contributed by atoms with Crippen LogP contribution in [0.5, 0.6) is 11.8 Å². The van der Waals surface area contributed by atoms with Gasteiger partial charge < -0.3 is 20.1 Å². The number of rotatable bonds is 8. The van der Waals surface area contributed by atoms with Crippen molar-refractivity contribution in [1.82, 2.24) is 14.8 Å². The predicted molar refractivity (Wildman–Crippen MR) is 143 cm³/mol. The molecule has 5 aromatic rings. The molecule has 8 nitrogen and oxygen atoms in total. The number of carbonyl (C=O) groups excluding carboxylic acids is 1. The number of ether oxygens (including phenoxy) is 2. The molecule has 0 atom stereocenters. The topological polar surface area (TPSA) is 90.3 Å². The molecule has 0 saturated heterocycles. The normalized spacial score (nSPS) is 10.6. The Balaban J connectivity index is 1.35. The Morgan fingerprint density at radius 2 is 1.49 bits per heavy atom. The van der Waals surface area contributed by atoms with Crippen LogP contribution < -0.4 is 20.1 Å². The molecule has 0 radical (unpaired) electrons. The monoisotopic (exact) mass is 527 g/mol. The van der Waals surface area contributed by atoms with E-state index in [2.05, 4.69) is 20.7 Å².